The van der Waals surface area contributed by atoms with Gasteiger partial charge >= 0.3 is 5.97 Å². The molecule has 5 rings (SSSR count). The number of imidazole rings is 1. The molecule has 0 aromatic carbocycles. The smallest absolute Gasteiger partial charge is 0.348 e. The molecule has 166 valence electrons. The molecule has 0 spiro atoms. The molecule has 5 nitrogen and oxygen atoms in total. The number of ketones is 1. The fourth-order valence-electron chi connectivity index (χ4n) is 7.66. The van der Waals surface area contributed by atoms with Crippen LogP contribution in [-0.4, -0.2) is 22.4 Å². The summed E-state index contributed by atoms with van der Waals surface area (Å²) in [5, 5.41) is 0. The van der Waals surface area contributed by atoms with E-state index in [0.29, 0.717) is 30.0 Å². The third kappa shape index (κ3) is 3.32. The Morgan fingerprint density at radius 2 is 2.06 bits per heavy atom. The number of esters is 1. The number of carbonyl (C=O) groups is 2. The van der Waals surface area contributed by atoms with Gasteiger partial charge in [0.05, 0.1) is 6.20 Å². The highest BCUT2D eigenvalue weighted by Gasteiger charge is 2.60. The van der Waals surface area contributed by atoms with Crippen molar-refractivity contribution in [3.05, 3.63) is 36.9 Å². The minimum atomic E-state index is -0.146. The molecule has 31 heavy (non-hydrogen) atoms. The maximum absolute atomic E-state index is 12.7. The molecule has 0 bridgehead atoms. The van der Waals surface area contributed by atoms with Crippen LogP contribution in [0.3, 0.4) is 0 Å². The second kappa shape index (κ2) is 7.46. The number of fused-ring (bicyclic) bond motifs is 5. The summed E-state index contributed by atoms with van der Waals surface area (Å²) in [6.45, 7) is 8.78. The van der Waals surface area contributed by atoms with Crippen LogP contribution in [0.2, 0.25) is 0 Å². The molecule has 3 fully saturated rings. The van der Waals surface area contributed by atoms with Crippen molar-refractivity contribution in [3.63, 3.8) is 0 Å². The number of ether oxygens (including phenoxy) is 1. The van der Waals surface area contributed by atoms with Crippen molar-refractivity contribution in [2.45, 2.75) is 77.9 Å². The third-order valence-corrected chi connectivity index (χ3v) is 9.38. The largest absolute Gasteiger partial charge is 0.459 e. The van der Waals surface area contributed by atoms with E-state index in [1.54, 1.807) is 6.20 Å². The summed E-state index contributed by atoms with van der Waals surface area (Å²) in [7, 11) is 0. The van der Waals surface area contributed by atoms with Crippen LogP contribution in [0.25, 0.3) is 6.20 Å². The Morgan fingerprint density at radius 1 is 1.23 bits per heavy atom. The Hall–Kier alpha value is -2.17. The van der Waals surface area contributed by atoms with Crippen LogP contribution in [-0.2, 0) is 20.9 Å². The Morgan fingerprint density at radius 3 is 2.84 bits per heavy atom. The van der Waals surface area contributed by atoms with Crippen LogP contribution in [0.1, 0.15) is 65.2 Å². The van der Waals surface area contributed by atoms with Crippen LogP contribution >= 0.6 is 0 Å². The minimum Gasteiger partial charge on any atom is -0.459 e. The standard InChI is InChI=1S/C26H35N2O3/c1-4-27-13-14-28(17-27)16-24(30)31-23-8-7-21-20-6-5-18-15-19(29)9-11-25(18,2)22(20)10-12-26(21,23)3/h4,13-15,17,20-23H,1,5-12,16H2,2-3H3/q+1. The lowest BCUT2D eigenvalue weighted by Crippen LogP contribution is -2.52. The average molecular weight is 424 g/mol. The molecule has 3 saturated carbocycles. The van der Waals surface area contributed by atoms with Gasteiger partial charge in [-0.2, -0.15) is 0 Å². The predicted molar refractivity (Wildman–Crippen MR) is 118 cm³/mol. The fraction of sp³-hybridized carbons (Fsp3) is 0.654. The molecule has 0 saturated heterocycles. The summed E-state index contributed by atoms with van der Waals surface area (Å²) in [5.41, 5.74) is 1.69. The Bertz CT molecular complexity index is 946. The summed E-state index contributed by atoms with van der Waals surface area (Å²) < 4.78 is 9.77. The number of aromatic nitrogens is 2. The van der Waals surface area contributed by atoms with Gasteiger partial charge in [-0.05, 0) is 74.2 Å². The molecular formula is C26H35N2O3+. The lowest BCUT2D eigenvalue weighted by atomic mass is 9.47. The van der Waals surface area contributed by atoms with Crippen LogP contribution in [0.15, 0.2) is 36.9 Å². The summed E-state index contributed by atoms with van der Waals surface area (Å²) in [4.78, 5) is 24.7. The number of allylic oxidation sites excluding steroid dienone is 1. The Kier molecular flexibility index (Phi) is 4.98. The zero-order valence-electron chi connectivity index (χ0n) is 18.9. The zero-order chi connectivity index (χ0) is 21.8. The van der Waals surface area contributed by atoms with Gasteiger partial charge in [-0.1, -0.05) is 26.0 Å². The van der Waals surface area contributed by atoms with E-state index in [-0.39, 0.29) is 29.4 Å². The van der Waals surface area contributed by atoms with Gasteiger partial charge in [-0.15, -0.1) is 0 Å². The Balaban J connectivity index is 1.30. The average Bonchev–Trinajstić information content (AvgIpc) is 3.32. The second-order valence-corrected chi connectivity index (χ2v) is 10.8. The first kappa shape index (κ1) is 20.7. The van der Waals surface area contributed by atoms with Gasteiger partial charge in [0.15, 0.2) is 12.3 Å². The van der Waals surface area contributed by atoms with Crippen molar-refractivity contribution < 1.29 is 18.9 Å². The summed E-state index contributed by atoms with van der Waals surface area (Å²) in [6, 6.07) is 0. The number of hydrogen-bond donors (Lipinski definition) is 0. The van der Waals surface area contributed by atoms with E-state index in [4.69, 9.17) is 4.74 Å². The predicted octanol–water partition coefficient (Wildman–Crippen LogP) is 4.32. The maximum atomic E-state index is 12.7. The molecule has 0 N–H and O–H groups in total. The van der Waals surface area contributed by atoms with Crippen molar-refractivity contribution in [2.75, 3.05) is 0 Å². The van der Waals surface area contributed by atoms with E-state index in [9.17, 15) is 9.59 Å². The molecule has 1 aromatic heterocycles. The molecule has 0 radical (unpaired) electrons. The molecule has 1 heterocycles. The molecule has 6 atom stereocenters. The van der Waals surface area contributed by atoms with Gasteiger partial charge in [0.25, 0.3) is 0 Å². The molecule has 6 unspecified atom stereocenters. The van der Waals surface area contributed by atoms with E-state index in [1.807, 2.05) is 33.9 Å². The lowest BCUT2D eigenvalue weighted by Gasteiger charge is -2.57. The van der Waals surface area contributed by atoms with E-state index >= 15 is 0 Å². The highest BCUT2D eigenvalue weighted by atomic mass is 16.5. The van der Waals surface area contributed by atoms with Gasteiger partial charge in [-0.3, -0.25) is 4.79 Å². The number of hydrogen-bond acceptors (Lipinski definition) is 3. The van der Waals surface area contributed by atoms with Crippen molar-refractivity contribution >= 4 is 18.0 Å². The monoisotopic (exact) mass is 423 g/mol. The highest BCUT2D eigenvalue weighted by molar-refractivity contribution is 5.91. The van der Waals surface area contributed by atoms with Crippen LogP contribution < -0.4 is 4.57 Å². The molecule has 4 aliphatic carbocycles. The minimum absolute atomic E-state index is 0.0192. The van der Waals surface area contributed by atoms with Crippen LogP contribution in [0.4, 0.5) is 0 Å². The van der Waals surface area contributed by atoms with Crippen molar-refractivity contribution in [2.24, 2.45) is 28.6 Å². The zero-order valence-corrected chi connectivity index (χ0v) is 18.9. The van der Waals surface area contributed by atoms with Crippen LogP contribution in [0, 0.1) is 28.6 Å². The molecular weight excluding hydrogens is 388 g/mol. The summed E-state index contributed by atoms with van der Waals surface area (Å²) in [5.74, 6) is 2.15. The first-order valence-corrected chi connectivity index (χ1v) is 12.0. The van der Waals surface area contributed by atoms with Crippen molar-refractivity contribution in [1.29, 1.82) is 0 Å². The second-order valence-electron chi connectivity index (χ2n) is 10.8. The molecule has 1 aromatic rings. The quantitative estimate of drug-likeness (QED) is 0.535. The van der Waals surface area contributed by atoms with E-state index < -0.39 is 0 Å². The number of rotatable bonds is 4. The lowest BCUT2D eigenvalue weighted by molar-refractivity contribution is -0.685. The maximum Gasteiger partial charge on any atom is 0.348 e. The topological polar surface area (TPSA) is 52.2 Å². The van der Waals surface area contributed by atoms with Crippen molar-refractivity contribution in [1.82, 2.24) is 4.57 Å². The molecule has 4 aliphatic rings. The van der Waals surface area contributed by atoms with Gasteiger partial charge < -0.3 is 4.74 Å². The van der Waals surface area contributed by atoms with Gasteiger partial charge in [0.2, 0.25) is 6.33 Å². The Labute approximate surface area is 185 Å². The fourth-order valence-corrected chi connectivity index (χ4v) is 7.66. The van der Waals surface area contributed by atoms with Gasteiger partial charge in [0.1, 0.15) is 18.5 Å². The van der Waals surface area contributed by atoms with E-state index in [2.05, 4.69) is 20.4 Å². The number of carbonyl (C=O) groups excluding carboxylic acids is 2. The molecule has 0 aliphatic heterocycles. The van der Waals surface area contributed by atoms with Gasteiger partial charge in [0, 0.05) is 11.8 Å². The first-order chi connectivity index (χ1) is 14.8. The normalized spacial score (nSPS) is 39.2. The third-order valence-electron chi connectivity index (χ3n) is 9.38. The highest BCUT2D eigenvalue weighted by Crippen LogP contribution is 2.65. The SMILES string of the molecule is C=Cn1cc[n+](CC(=O)OC2CCC3C4CCC5=CC(=O)CCC5(C)C4CCC23C)c1. The number of nitrogens with zero attached hydrogens (tertiary/aromatic N) is 2. The van der Waals surface area contributed by atoms with Crippen molar-refractivity contribution in [3.8, 4) is 0 Å². The van der Waals surface area contributed by atoms with E-state index in [0.717, 1.165) is 32.1 Å². The van der Waals surface area contributed by atoms with Crippen LogP contribution in [0.5, 0.6) is 0 Å². The van der Waals surface area contributed by atoms with E-state index in [1.165, 1.54) is 18.4 Å². The first-order valence-electron chi connectivity index (χ1n) is 12.0. The summed E-state index contributed by atoms with van der Waals surface area (Å²) in [6.07, 6.45) is 17.7. The molecule has 5 heteroatoms. The molecule has 0 amide bonds. The summed E-state index contributed by atoms with van der Waals surface area (Å²) >= 11 is 0. The van der Waals surface area contributed by atoms with Gasteiger partial charge in [-0.25, -0.2) is 13.9 Å².